The van der Waals surface area contributed by atoms with Gasteiger partial charge in [0, 0.05) is 20.1 Å². The van der Waals surface area contributed by atoms with Crippen molar-refractivity contribution in [2.75, 3.05) is 20.3 Å². The maximum Gasteiger partial charge on any atom is 0.408 e. The van der Waals surface area contributed by atoms with E-state index in [1.165, 1.54) is 0 Å². The first-order valence-electron chi connectivity index (χ1n) is 8.39. The number of methoxy groups -OCH3 is 1. The second-order valence-electron chi connectivity index (χ2n) is 6.80. The molecule has 24 heavy (non-hydrogen) atoms. The first-order chi connectivity index (χ1) is 11.1. The maximum atomic E-state index is 12.0. The number of nitrogens with one attached hydrogen (secondary N) is 1. The van der Waals surface area contributed by atoms with Crippen LogP contribution in [0.4, 0.5) is 4.79 Å². The van der Waals surface area contributed by atoms with Crippen molar-refractivity contribution >= 4 is 12.1 Å². The van der Waals surface area contributed by atoms with E-state index in [4.69, 9.17) is 18.9 Å². The van der Waals surface area contributed by atoms with Crippen LogP contribution in [-0.2, 0) is 23.7 Å². The SMILES string of the molecule is CCCOC(COC)CC(C)OC(=O)C(C)NC(=O)OC(C)(C)C. The molecule has 0 heterocycles. The lowest BCUT2D eigenvalue weighted by Crippen LogP contribution is -2.43. The van der Waals surface area contributed by atoms with Gasteiger partial charge in [0.15, 0.2) is 0 Å². The van der Waals surface area contributed by atoms with Crippen molar-refractivity contribution < 1.29 is 28.5 Å². The van der Waals surface area contributed by atoms with Crippen LogP contribution in [0, 0.1) is 0 Å². The quantitative estimate of drug-likeness (QED) is 0.612. The smallest absolute Gasteiger partial charge is 0.408 e. The summed E-state index contributed by atoms with van der Waals surface area (Å²) in [6.45, 7) is 11.7. The molecule has 0 radical (unpaired) electrons. The van der Waals surface area contributed by atoms with Gasteiger partial charge in [-0.25, -0.2) is 9.59 Å². The Balaban J connectivity index is 4.33. The minimum Gasteiger partial charge on any atom is -0.461 e. The molecule has 0 aromatic heterocycles. The lowest BCUT2D eigenvalue weighted by molar-refractivity contribution is -0.152. The van der Waals surface area contributed by atoms with Gasteiger partial charge in [-0.1, -0.05) is 6.92 Å². The third-order valence-corrected chi connectivity index (χ3v) is 2.91. The molecule has 0 aliphatic carbocycles. The average molecular weight is 347 g/mol. The number of rotatable bonds is 10. The summed E-state index contributed by atoms with van der Waals surface area (Å²) in [4.78, 5) is 23.7. The van der Waals surface area contributed by atoms with Crippen molar-refractivity contribution in [2.45, 2.75) is 78.2 Å². The van der Waals surface area contributed by atoms with Crippen molar-refractivity contribution in [3.63, 3.8) is 0 Å². The summed E-state index contributed by atoms with van der Waals surface area (Å²) in [5.41, 5.74) is -0.620. The number of hydrogen-bond donors (Lipinski definition) is 1. The second kappa shape index (κ2) is 11.3. The molecule has 0 saturated carbocycles. The van der Waals surface area contributed by atoms with Crippen LogP contribution in [0.25, 0.3) is 0 Å². The Morgan fingerprint density at radius 1 is 1.17 bits per heavy atom. The van der Waals surface area contributed by atoms with E-state index in [1.54, 1.807) is 41.7 Å². The average Bonchev–Trinajstić information content (AvgIpc) is 2.42. The van der Waals surface area contributed by atoms with Crippen molar-refractivity contribution in [2.24, 2.45) is 0 Å². The predicted molar refractivity (Wildman–Crippen MR) is 90.9 cm³/mol. The number of carbonyl (C=O) groups excluding carboxylic acids is 2. The molecule has 0 aliphatic heterocycles. The van der Waals surface area contributed by atoms with Gasteiger partial charge in [-0.3, -0.25) is 0 Å². The highest BCUT2D eigenvalue weighted by molar-refractivity contribution is 5.81. The van der Waals surface area contributed by atoms with Gasteiger partial charge >= 0.3 is 12.1 Å². The van der Waals surface area contributed by atoms with E-state index in [9.17, 15) is 9.59 Å². The highest BCUT2D eigenvalue weighted by atomic mass is 16.6. The number of carbonyl (C=O) groups is 2. The molecule has 3 unspecified atom stereocenters. The molecule has 1 amide bonds. The van der Waals surface area contributed by atoms with Crippen LogP contribution in [0.1, 0.15) is 54.4 Å². The largest absolute Gasteiger partial charge is 0.461 e. The van der Waals surface area contributed by atoms with E-state index in [1.807, 2.05) is 6.92 Å². The fraction of sp³-hybridized carbons (Fsp3) is 0.882. The van der Waals surface area contributed by atoms with Crippen LogP contribution in [0.2, 0.25) is 0 Å². The van der Waals surface area contributed by atoms with Crippen LogP contribution in [-0.4, -0.2) is 56.2 Å². The molecule has 0 spiro atoms. The number of amides is 1. The van der Waals surface area contributed by atoms with Gasteiger partial charge in [0.05, 0.1) is 12.7 Å². The van der Waals surface area contributed by atoms with E-state index in [0.29, 0.717) is 19.6 Å². The third-order valence-electron chi connectivity index (χ3n) is 2.91. The zero-order valence-corrected chi connectivity index (χ0v) is 16.0. The van der Waals surface area contributed by atoms with Gasteiger partial charge < -0.3 is 24.3 Å². The lowest BCUT2D eigenvalue weighted by Gasteiger charge is -2.24. The molecule has 0 aliphatic rings. The summed E-state index contributed by atoms with van der Waals surface area (Å²) in [6.07, 6.45) is 0.302. The molecule has 0 fully saturated rings. The summed E-state index contributed by atoms with van der Waals surface area (Å²) in [6, 6.07) is -0.792. The number of ether oxygens (including phenoxy) is 4. The summed E-state index contributed by atoms with van der Waals surface area (Å²) in [5, 5.41) is 2.46. The fourth-order valence-electron chi connectivity index (χ4n) is 1.92. The van der Waals surface area contributed by atoms with E-state index in [2.05, 4.69) is 5.32 Å². The summed E-state index contributed by atoms with van der Waals surface area (Å²) >= 11 is 0. The normalized spacial score (nSPS) is 15.3. The topological polar surface area (TPSA) is 83.1 Å². The van der Waals surface area contributed by atoms with Crippen molar-refractivity contribution in [1.82, 2.24) is 5.32 Å². The molecule has 0 aromatic rings. The Bertz CT molecular complexity index is 380. The van der Waals surface area contributed by atoms with Crippen LogP contribution in [0.3, 0.4) is 0 Å². The first-order valence-corrected chi connectivity index (χ1v) is 8.39. The van der Waals surface area contributed by atoms with Gasteiger partial charge in [0.2, 0.25) is 0 Å². The standard InChI is InChI=1S/C17H33NO6/c1-8-9-22-14(11-21-7)10-12(2)23-15(19)13(3)18-16(20)24-17(4,5)6/h12-14H,8-11H2,1-7H3,(H,18,20). The molecule has 3 atom stereocenters. The van der Waals surface area contributed by atoms with Gasteiger partial charge in [0.1, 0.15) is 17.7 Å². The zero-order valence-electron chi connectivity index (χ0n) is 16.0. The van der Waals surface area contributed by atoms with Crippen LogP contribution in [0.5, 0.6) is 0 Å². The second-order valence-corrected chi connectivity index (χ2v) is 6.80. The highest BCUT2D eigenvalue weighted by Gasteiger charge is 2.24. The summed E-state index contributed by atoms with van der Waals surface area (Å²) < 4.78 is 21.2. The van der Waals surface area contributed by atoms with Crippen LogP contribution < -0.4 is 5.32 Å². The molecular weight excluding hydrogens is 314 g/mol. The minimum absolute atomic E-state index is 0.133. The lowest BCUT2D eigenvalue weighted by atomic mass is 10.2. The van der Waals surface area contributed by atoms with Crippen molar-refractivity contribution in [3.05, 3.63) is 0 Å². The molecule has 142 valence electrons. The third kappa shape index (κ3) is 11.2. The fourth-order valence-corrected chi connectivity index (χ4v) is 1.92. The molecule has 1 N–H and O–H groups in total. The first kappa shape index (κ1) is 22.7. The number of esters is 1. The van der Waals surface area contributed by atoms with Crippen LogP contribution in [0.15, 0.2) is 0 Å². The Kier molecular flexibility index (Phi) is 10.6. The van der Waals surface area contributed by atoms with Crippen LogP contribution >= 0.6 is 0 Å². The number of hydrogen-bond acceptors (Lipinski definition) is 6. The van der Waals surface area contributed by atoms with Gasteiger partial charge in [-0.05, 0) is 41.0 Å². The Morgan fingerprint density at radius 3 is 2.29 bits per heavy atom. The van der Waals surface area contributed by atoms with Crippen molar-refractivity contribution in [1.29, 1.82) is 0 Å². The van der Waals surface area contributed by atoms with Crippen molar-refractivity contribution in [3.8, 4) is 0 Å². The predicted octanol–water partition coefficient (Wildman–Crippen LogP) is 2.66. The monoisotopic (exact) mass is 347 g/mol. The molecule has 0 rings (SSSR count). The molecule has 0 bridgehead atoms. The number of alkyl carbamates (subject to hydrolysis) is 1. The van der Waals surface area contributed by atoms with E-state index >= 15 is 0 Å². The molecular formula is C17H33NO6. The van der Waals surface area contributed by atoms with Gasteiger partial charge in [-0.2, -0.15) is 0 Å². The highest BCUT2D eigenvalue weighted by Crippen LogP contribution is 2.10. The van der Waals surface area contributed by atoms with Gasteiger partial charge in [0.25, 0.3) is 0 Å². The summed E-state index contributed by atoms with van der Waals surface area (Å²) in [5.74, 6) is -0.514. The maximum absolute atomic E-state index is 12.0. The Labute approximate surface area is 145 Å². The van der Waals surface area contributed by atoms with E-state index in [-0.39, 0.29) is 12.2 Å². The molecule has 7 heteroatoms. The molecule has 0 saturated heterocycles. The Hall–Kier alpha value is -1.34. The molecule has 0 aromatic carbocycles. The Morgan fingerprint density at radius 2 is 1.79 bits per heavy atom. The summed E-state index contributed by atoms with van der Waals surface area (Å²) in [7, 11) is 1.60. The zero-order chi connectivity index (χ0) is 18.8. The van der Waals surface area contributed by atoms with E-state index < -0.39 is 23.7 Å². The van der Waals surface area contributed by atoms with Gasteiger partial charge in [-0.15, -0.1) is 0 Å². The van der Waals surface area contributed by atoms with E-state index in [0.717, 1.165) is 6.42 Å². The molecule has 7 nitrogen and oxygen atoms in total. The minimum atomic E-state index is -0.792.